The predicted molar refractivity (Wildman–Crippen MR) is 71.6 cm³/mol. The van der Waals surface area contributed by atoms with Crippen LogP contribution in [0.4, 0.5) is 18.9 Å². The Kier molecular flexibility index (Phi) is 4.41. The SMILES string of the molecule is Nc1ccc(C(F)(F)F)cc1C(=O)NC1CCC(O)CC1. The Balaban J connectivity index is 2.11. The summed E-state index contributed by atoms with van der Waals surface area (Å²) in [6.07, 6.45) is -2.53. The summed E-state index contributed by atoms with van der Waals surface area (Å²) >= 11 is 0. The standard InChI is InChI=1S/C14H17F3N2O2/c15-14(16,17)8-1-6-12(18)11(7-8)13(21)19-9-2-4-10(20)5-3-9/h1,6-7,9-10,20H,2-5,18H2,(H,19,21). The summed E-state index contributed by atoms with van der Waals surface area (Å²) < 4.78 is 38.0. The molecule has 116 valence electrons. The molecule has 0 unspecified atom stereocenters. The van der Waals surface area contributed by atoms with Gasteiger partial charge in [-0.15, -0.1) is 0 Å². The molecule has 1 aliphatic rings. The van der Waals surface area contributed by atoms with Crippen LogP contribution >= 0.6 is 0 Å². The lowest BCUT2D eigenvalue weighted by Crippen LogP contribution is -2.38. The second-order valence-electron chi connectivity index (χ2n) is 5.28. The number of rotatable bonds is 2. The first-order valence-corrected chi connectivity index (χ1v) is 6.73. The van der Waals surface area contributed by atoms with Gasteiger partial charge in [-0.2, -0.15) is 13.2 Å². The number of amides is 1. The van der Waals surface area contributed by atoms with Crippen LogP contribution in [0.15, 0.2) is 18.2 Å². The molecular weight excluding hydrogens is 285 g/mol. The summed E-state index contributed by atoms with van der Waals surface area (Å²) in [6, 6.07) is 2.56. The number of benzene rings is 1. The minimum atomic E-state index is -4.52. The molecule has 0 bridgehead atoms. The highest BCUT2D eigenvalue weighted by molar-refractivity contribution is 5.99. The van der Waals surface area contributed by atoms with Crippen LogP contribution in [0.5, 0.6) is 0 Å². The molecule has 2 rings (SSSR count). The van der Waals surface area contributed by atoms with E-state index in [4.69, 9.17) is 5.73 Å². The van der Waals surface area contributed by atoms with E-state index >= 15 is 0 Å². The van der Waals surface area contributed by atoms with Gasteiger partial charge in [-0.3, -0.25) is 4.79 Å². The highest BCUT2D eigenvalue weighted by atomic mass is 19.4. The number of alkyl halides is 3. The first-order chi connectivity index (χ1) is 9.77. The topological polar surface area (TPSA) is 75.4 Å². The van der Waals surface area contributed by atoms with Gasteiger partial charge in [0.25, 0.3) is 5.91 Å². The van der Waals surface area contributed by atoms with E-state index in [0.29, 0.717) is 25.7 Å². The van der Waals surface area contributed by atoms with Crippen molar-refractivity contribution in [1.29, 1.82) is 0 Å². The van der Waals surface area contributed by atoms with E-state index in [0.717, 1.165) is 18.2 Å². The maximum Gasteiger partial charge on any atom is 0.416 e. The third kappa shape index (κ3) is 3.87. The van der Waals surface area contributed by atoms with Crippen LogP contribution in [-0.4, -0.2) is 23.2 Å². The first-order valence-electron chi connectivity index (χ1n) is 6.73. The van der Waals surface area contributed by atoms with E-state index in [1.807, 2.05) is 0 Å². The van der Waals surface area contributed by atoms with Crippen molar-refractivity contribution in [2.75, 3.05) is 5.73 Å². The van der Waals surface area contributed by atoms with Crippen molar-refractivity contribution in [3.05, 3.63) is 29.3 Å². The Morgan fingerprint density at radius 1 is 1.24 bits per heavy atom. The quantitative estimate of drug-likeness (QED) is 0.734. The third-order valence-electron chi connectivity index (χ3n) is 3.66. The van der Waals surface area contributed by atoms with Gasteiger partial charge in [-0.25, -0.2) is 0 Å². The number of carbonyl (C=O) groups excluding carboxylic acids is 1. The number of nitrogens with one attached hydrogen (secondary N) is 1. The molecule has 1 aromatic rings. The number of carbonyl (C=O) groups is 1. The molecule has 0 aliphatic heterocycles. The van der Waals surface area contributed by atoms with Crippen LogP contribution < -0.4 is 11.1 Å². The minimum absolute atomic E-state index is 0.0105. The van der Waals surface area contributed by atoms with Gasteiger partial charge in [0.1, 0.15) is 0 Å². The van der Waals surface area contributed by atoms with Crippen molar-refractivity contribution in [3.63, 3.8) is 0 Å². The van der Waals surface area contributed by atoms with E-state index in [1.165, 1.54) is 0 Å². The van der Waals surface area contributed by atoms with Crippen LogP contribution in [0.2, 0.25) is 0 Å². The Morgan fingerprint density at radius 3 is 2.43 bits per heavy atom. The number of hydrogen-bond acceptors (Lipinski definition) is 3. The van der Waals surface area contributed by atoms with Crippen LogP contribution in [0.1, 0.15) is 41.6 Å². The number of anilines is 1. The van der Waals surface area contributed by atoms with Gasteiger partial charge in [0, 0.05) is 11.7 Å². The summed E-state index contributed by atoms with van der Waals surface area (Å²) in [5.74, 6) is -0.611. The highest BCUT2D eigenvalue weighted by Gasteiger charge is 2.32. The van der Waals surface area contributed by atoms with Gasteiger partial charge in [0.05, 0.1) is 17.2 Å². The largest absolute Gasteiger partial charge is 0.416 e. The lowest BCUT2D eigenvalue weighted by atomic mass is 9.93. The maximum atomic E-state index is 12.7. The molecule has 4 N–H and O–H groups in total. The van der Waals surface area contributed by atoms with Gasteiger partial charge < -0.3 is 16.2 Å². The van der Waals surface area contributed by atoms with Crippen LogP contribution in [0.3, 0.4) is 0 Å². The Labute approximate surface area is 120 Å². The average Bonchev–Trinajstić information content (AvgIpc) is 2.40. The fourth-order valence-corrected chi connectivity index (χ4v) is 2.41. The lowest BCUT2D eigenvalue weighted by Gasteiger charge is -2.26. The molecule has 0 saturated heterocycles. The van der Waals surface area contributed by atoms with Crippen LogP contribution in [0, 0.1) is 0 Å². The Morgan fingerprint density at radius 2 is 1.86 bits per heavy atom. The van der Waals surface area contributed by atoms with Crippen LogP contribution in [-0.2, 0) is 6.18 Å². The second kappa shape index (κ2) is 5.93. The van der Waals surface area contributed by atoms with Crippen molar-refractivity contribution in [1.82, 2.24) is 5.32 Å². The van der Waals surface area contributed by atoms with Crippen molar-refractivity contribution in [2.45, 2.75) is 44.0 Å². The summed E-state index contributed by atoms with van der Waals surface area (Å²) in [4.78, 5) is 12.1. The van der Waals surface area contributed by atoms with E-state index < -0.39 is 17.6 Å². The predicted octanol–water partition coefficient (Wildman–Crippen LogP) is 2.32. The second-order valence-corrected chi connectivity index (χ2v) is 5.28. The number of nitrogen functional groups attached to an aromatic ring is 1. The zero-order valence-electron chi connectivity index (χ0n) is 11.3. The zero-order chi connectivity index (χ0) is 15.6. The number of hydrogen-bond donors (Lipinski definition) is 3. The molecule has 0 atom stereocenters. The van der Waals surface area contributed by atoms with Crippen molar-refractivity contribution in [2.24, 2.45) is 0 Å². The third-order valence-corrected chi connectivity index (χ3v) is 3.66. The number of nitrogens with two attached hydrogens (primary N) is 1. The highest BCUT2D eigenvalue weighted by Crippen LogP contribution is 2.31. The van der Waals surface area contributed by atoms with E-state index in [9.17, 15) is 23.1 Å². The molecule has 0 aromatic heterocycles. The summed E-state index contributed by atoms with van der Waals surface area (Å²) in [7, 11) is 0. The van der Waals surface area contributed by atoms with Gasteiger partial charge in [0.15, 0.2) is 0 Å². The van der Waals surface area contributed by atoms with Gasteiger partial charge in [-0.05, 0) is 43.9 Å². The first kappa shape index (κ1) is 15.6. The Bertz CT molecular complexity index is 523. The lowest BCUT2D eigenvalue weighted by molar-refractivity contribution is -0.137. The monoisotopic (exact) mass is 302 g/mol. The van der Waals surface area contributed by atoms with E-state index in [-0.39, 0.29) is 23.4 Å². The number of aliphatic hydroxyl groups excluding tert-OH is 1. The van der Waals surface area contributed by atoms with Crippen molar-refractivity contribution < 1.29 is 23.1 Å². The Hall–Kier alpha value is -1.76. The fraction of sp³-hybridized carbons (Fsp3) is 0.500. The van der Waals surface area contributed by atoms with E-state index in [2.05, 4.69) is 5.32 Å². The fourth-order valence-electron chi connectivity index (χ4n) is 2.41. The van der Waals surface area contributed by atoms with E-state index in [1.54, 1.807) is 0 Å². The smallest absolute Gasteiger partial charge is 0.398 e. The average molecular weight is 302 g/mol. The molecule has 0 radical (unpaired) electrons. The van der Waals surface area contributed by atoms with Crippen LogP contribution in [0.25, 0.3) is 0 Å². The molecule has 1 aliphatic carbocycles. The zero-order valence-corrected chi connectivity index (χ0v) is 11.3. The number of aliphatic hydroxyl groups is 1. The summed E-state index contributed by atoms with van der Waals surface area (Å²) in [5.41, 5.74) is 4.53. The molecule has 7 heteroatoms. The molecular formula is C14H17F3N2O2. The molecule has 1 saturated carbocycles. The van der Waals surface area contributed by atoms with Gasteiger partial charge in [-0.1, -0.05) is 0 Å². The molecule has 1 aromatic carbocycles. The molecule has 0 heterocycles. The molecule has 4 nitrogen and oxygen atoms in total. The maximum absolute atomic E-state index is 12.7. The van der Waals surface area contributed by atoms with Crippen molar-refractivity contribution in [3.8, 4) is 0 Å². The molecule has 0 spiro atoms. The number of halogens is 3. The molecule has 1 fully saturated rings. The normalized spacial score (nSPS) is 22.9. The summed E-state index contributed by atoms with van der Waals surface area (Å²) in [5, 5.41) is 12.1. The molecule has 1 amide bonds. The summed E-state index contributed by atoms with van der Waals surface area (Å²) in [6.45, 7) is 0. The molecule has 21 heavy (non-hydrogen) atoms. The van der Waals surface area contributed by atoms with Crippen molar-refractivity contribution >= 4 is 11.6 Å². The van der Waals surface area contributed by atoms with Gasteiger partial charge >= 0.3 is 6.18 Å². The minimum Gasteiger partial charge on any atom is -0.398 e. The van der Waals surface area contributed by atoms with Gasteiger partial charge in [0.2, 0.25) is 0 Å².